The molecule has 0 unspecified atom stereocenters. The molecule has 0 spiro atoms. The largest absolute Gasteiger partial charge is 0.343 e. The van der Waals surface area contributed by atoms with Crippen LogP contribution in [0.1, 0.15) is 59.2 Å². The van der Waals surface area contributed by atoms with Gasteiger partial charge in [0.15, 0.2) is 5.82 Å². The van der Waals surface area contributed by atoms with Crippen molar-refractivity contribution in [3.8, 4) is 0 Å². The van der Waals surface area contributed by atoms with E-state index in [-0.39, 0.29) is 23.7 Å². The number of pyridine rings is 1. The first-order chi connectivity index (χ1) is 13.0. The highest BCUT2D eigenvalue weighted by atomic mass is 16.5. The summed E-state index contributed by atoms with van der Waals surface area (Å²) in [5.41, 5.74) is 1.58. The van der Waals surface area contributed by atoms with Crippen LogP contribution in [0.4, 0.5) is 0 Å². The van der Waals surface area contributed by atoms with Gasteiger partial charge in [-0.2, -0.15) is 4.98 Å². The van der Waals surface area contributed by atoms with Crippen molar-refractivity contribution >= 4 is 11.8 Å². The molecule has 8 heteroatoms. The number of rotatable bonds is 3. The first kappa shape index (κ1) is 17.6. The second kappa shape index (κ2) is 7.09. The van der Waals surface area contributed by atoms with Crippen molar-refractivity contribution in [3.63, 3.8) is 0 Å². The first-order valence-electron chi connectivity index (χ1n) is 9.31. The Labute approximate surface area is 157 Å². The smallest absolute Gasteiger partial charge is 0.255 e. The molecule has 0 aromatic carbocycles. The third-order valence-electron chi connectivity index (χ3n) is 5.40. The van der Waals surface area contributed by atoms with Crippen molar-refractivity contribution in [2.45, 2.75) is 38.5 Å². The number of aryl methyl sites for hydroxylation is 1. The zero-order valence-corrected chi connectivity index (χ0v) is 15.6. The minimum atomic E-state index is -0.0150. The summed E-state index contributed by atoms with van der Waals surface area (Å²) >= 11 is 0. The predicted molar refractivity (Wildman–Crippen MR) is 96.1 cm³/mol. The van der Waals surface area contributed by atoms with E-state index < -0.39 is 0 Å². The fourth-order valence-corrected chi connectivity index (χ4v) is 3.69. The van der Waals surface area contributed by atoms with Crippen LogP contribution in [0.25, 0.3) is 0 Å². The third-order valence-corrected chi connectivity index (χ3v) is 5.40. The fraction of sp³-hybridized carbons (Fsp3) is 0.526. The minimum absolute atomic E-state index is 0.0150. The van der Waals surface area contributed by atoms with Gasteiger partial charge >= 0.3 is 0 Å². The fourth-order valence-electron chi connectivity index (χ4n) is 3.69. The molecule has 2 aliphatic heterocycles. The number of likely N-dealkylation sites (tertiary alicyclic amines) is 2. The van der Waals surface area contributed by atoms with Gasteiger partial charge in [-0.15, -0.1) is 0 Å². The van der Waals surface area contributed by atoms with Crippen LogP contribution in [-0.4, -0.2) is 62.9 Å². The van der Waals surface area contributed by atoms with Crippen LogP contribution in [0.3, 0.4) is 0 Å². The highest BCUT2D eigenvalue weighted by Gasteiger charge is 2.37. The Bertz CT molecular complexity index is 851. The quantitative estimate of drug-likeness (QED) is 0.818. The van der Waals surface area contributed by atoms with E-state index in [0.717, 1.165) is 37.3 Å². The maximum atomic E-state index is 12.5. The van der Waals surface area contributed by atoms with Gasteiger partial charge in [0.05, 0.1) is 11.5 Å². The Morgan fingerprint density at radius 1 is 1.11 bits per heavy atom. The lowest BCUT2D eigenvalue weighted by Crippen LogP contribution is -2.48. The van der Waals surface area contributed by atoms with Gasteiger partial charge in [0.2, 0.25) is 11.8 Å². The van der Waals surface area contributed by atoms with Gasteiger partial charge in [0, 0.05) is 51.4 Å². The Hall–Kier alpha value is -2.77. The summed E-state index contributed by atoms with van der Waals surface area (Å²) in [6, 6.07) is 1.85. The maximum Gasteiger partial charge on any atom is 0.255 e. The standard InChI is InChI=1S/C19H23N5O3/c1-12-7-15(9-20-8-12)19(26)24-10-16(11-24)18-21-17(22-27-18)14-3-5-23(6-4-14)13(2)25/h7-9,14,16H,3-6,10-11H2,1-2H3. The zero-order valence-electron chi connectivity index (χ0n) is 15.6. The van der Waals surface area contributed by atoms with Crippen molar-refractivity contribution in [1.29, 1.82) is 0 Å². The van der Waals surface area contributed by atoms with Crippen molar-refractivity contribution in [2.75, 3.05) is 26.2 Å². The topological polar surface area (TPSA) is 92.4 Å². The van der Waals surface area contributed by atoms with Crippen LogP contribution in [0.15, 0.2) is 23.0 Å². The second-order valence-electron chi connectivity index (χ2n) is 7.43. The lowest BCUT2D eigenvalue weighted by atomic mass is 9.95. The molecule has 0 bridgehead atoms. The highest BCUT2D eigenvalue weighted by Crippen LogP contribution is 2.31. The molecule has 0 N–H and O–H groups in total. The van der Waals surface area contributed by atoms with E-state index in [1.54, 1.807) is 24.2 Å². The number of hydrogen-bond acceptors (Lipinski definition) is 6. The summed E-state index contributed by atoms with van der Waals surface area (Å²) in [5.74, 6) is 1.75. The second-order valence-corrected chi connectivity index (χ2v) is 7.43. The van der Waals surface area contributed by atoms with Gasteiger partial charge in [-0.1, -0.05) is 5.16 Å². The number of carbonyl (C=O) groups is 2. The van der Waals surface area contributed by atoms with Crippen LogP contribution in [0.5, 0.6) is 0 Å². The van der Waals surface area contributed by atoms with Crippen molar-refractivity contribution in [1.82, 2.24) is 24.9 Å². The monoisotopic (exact) mass is 369 g/mol. The van der Waals surface area contributed by atoms with Gasteiger partial charge in [-0.05, 0) is 31.4 Å². The van der Waals surface area contributed by atoms with Crippen LogP contribution >= 0.6 is 0 Å². The van der Waals surface area contributed by atoms with Crippen LogP contribution in [0, 0.1) is 6.92 Å². The minimum Gasteiger partial charge on any atom is -0.343 e. The number of carbonyl (C=O) groups excluding carboxylic acids is 2. The molecule has 0 aliphatic carbocycles. The van der Waals surface area contributed by atoms with Crippen molar-refractivity contribution < 1.29 is 14.1 Å². The molecule has 2 amide bonds. The summed E-state index contributed by atoms with van der Waals surface area (Å²) in [5, 5.41) is 4.15. The molecular formula is C19H23N5O3. The Morgan fingerprint density at radius 2 is 1.85 bits per heavy atom. The first-order valence-corrected chi connectivity index (χ1v) is 9.31. The molecule has 4 rings (SSSR count). The van der Waals surface area contributed by atoms with Gasteiger partial charge in [-0.3, -0.25) is 14.6 Å². The average Bonchev–Trinajstić information content (AvgIpc) is 3.10. The molecule has 2 aromatic rings. The summed E-state index contributed by atoms with van der Waals surface area (Å²) in [6.45, 7) is 6.15. The third kappa shape index (κ3) is 3.56. The van der Waals surface area contributed by atoms with Crippen molar-refractivity contribution in [3.05, 3.63) is 41.3 Å². The molecule has 0 radical (unpaired) electrons. The Balaban J connectivity index is 1.33. The summed E-state index contributed by atoms with van der Waals surface area (Å²) in [7, 11) is 0. The summed E-state index contributed by atoms with van der Waals surface area (Å²) < 4.78 is 5.46. The van der Waals surface area contributed by atoms with E-state index in [2.05, 4.69) is 15.1 Å². The molecule has 8 nitrogen and oxygen atoms in total. The maximum absolute atomic E-state index is 12.5. The van der Waals surface area contributed by atoms with Gasteiger partial charge in [-0.25, -0.2) is 0 Å². The Kier molecular flexibility index (Phi) is 4.63. The number of aromatic nitrogens is 3. The van der Waals surface area contributed by atoms with Crippen molar-refractivity contribution in [2.24, 2.45) is 0 Å². The van der Waals surface area contributed by atoms with Crippen LogP contribution < -0.4 is 0 Å². The lowest BCUT2D eigenvalue weighted by Gasteiger charge is -2.37. The molecule has 27 heavy (non-hydrogen) atoms. The molecule has 2 aliphatic rings. The van der Waals surface area contributed by atoms with E-state index >= 15 is 0 Å². The molecular weight excluding hydrogens is 346 g/mol. The predicted octanol–water partition coefficient (Wildman–Crippen LogP) is 1.74. The number of piperidine rings is 1. The van der Waals surface area contributed by atoms with Gasteiger partial charge < -0.3 is 14.3 Å². The molecule has 2 fully saturated rings. The number of nitrogens with zero attached hydrogens (tertiary/aromatic N) is 5. The van der Waals surface area contributed by atoms with Gasteiger partial charge in [0.1, 0.15) is 0 Å². The molecule has 142 valence electrons. The van der Waals surface area contributed by atoms with E-state index in [1.807, 2.05) is 17.9 Å². The SMILES string of the molecule is CC(=O)N1CCC(c2noc(C3CN(C(=O)c4cncc(C)c4)C3)n2)CC1. The number of hydrogen-bond donors (Lipinski definition) is 0. The molecule has 2 saturated heterocycles. The average molecular weight is 369 g/mol. The summed E-state index contributed by atoms with van der Waals surface area (Å²) in [6.07, 6.45) is 5.04. The Morgan fingerprint density at radius 3 is 2.52 bits per heavy atom. The number of amides is 2. The molecule has 0 atom stereocenters. The molecule has 2 aromatic heterocycles. The highest BCUT2D eigenvalue weighted by molar-refractivity contribution is 5.94. The van der Waals surface area contributed by atoms with Crippen LogP contribution in [0.2, 0.25) is 0 Å². The normalized spacial score (nSPS) is 18.4. The lowest BCUT2D eigenvalue weighted by molar-refractivity contribution is -0.129. The van der Waals surface area contributed by atoms with Crippen LogP contribution in [-0.2, 0) is 4.79 Å². The molecule has 4 heterocycles. The van der Waals surface area contributed by atoms with E-state index in [9.17, 15) is 9.59 Å². The van der Waals surface area contributed by atoms with E-state index in [4.69, 9.17) is 4.52 Å². The van der Waals surface area contributed by atoms with E-state index in [1.165, 1.54) is 0 Å². The van der Waals surface area contributed by atoms with Gasteiger partial charge in [0.25, 0.3) is 5.91 Å². The zero-order chi connectivity index (χ0) is 19.0. The summed E-state index contributed by atoms with van der Waals surface area (Å²) in [4.78, 5) is 36.2. The molecule has 0 saturated carbocycles. The van der Waals surface area contributed by atoms with E-state index in [0.29, 0.717) is 24.5 Å².